The third-order valence-electron chi connectivity index (χ3n) is 5.09. The highest BCUT2D eigenvalue weighted by atomic mass is 19.4. The molecule has 0 aromatic heterocycles. The fourth-order valence-corrected chi connectivity index (χ4v) is 3.46. The Kier molecular flexibility index (Phi) is 6.62. The highest BCUT2D eigenvalue weighted by Gasteiger charge is 2.38. The molecule has 1 saturated heterocycles. The van der Waals surface area contributed by atoms with Gasteiger partial charge in [0, 0.05) is 13.0 Å². The first kappa shape index (κ1) is 22.3. The molecule has 2 aromatic rings. The highest BCUT2D eigenvalue weighted by Crippen LogP contribution is 2.34. The molecule has 1 aliphatic heterocycles. The molecular formula is C22H21F3N2O4. The number of hydrogen-bond donors (Lipinski definition) is 1. The molecule has 0 aliphatic carbocycles. The van der Waals surface area contributed by atoms with Crippen molar-refractivity contribution in [1.82, 2.24) is 4.90 Å². The first-order chi connectivity index (χ1) is 14.7. The van der Waals surface area contributed by atoms with Crippen molar-refractivity contribution in [3.8, 4) is 0 Å². The number of esters is 1. The SMILES string of the molecule is C[C@@H](c1ccccc1)N1C[C@@H](C(=O)OCC(=O)Nc2ccccc2C(F)(F)F)CC1=O. The van der Waals surface area contributed by atoms with Crippen molar-refractivity contribution in [3.05, 3.63) is 65.7 Å². The molecule has 0 spiro atoms. The summed E-state index contributed by atoms with van der Waals surface area (Å²) in [5, 5.41) is 2.11. The molecule has 1 N–H and O–H groups in total. The number of benzene rings is 2. The van der Waals surface area contributed by atoms with Crippen LogP contribution in [0.15, 0.2) is 54.6 Å². The molecule has 1 aliphatic rings. The number of carbonyl (C=O) groups excluding carboxylic acids is 3. The number of halogens is 3. The van der Waals surface area contributed by atoms with Gasteiger partial charge in [0.05, 0.1) is 23.2 Å². The minimum absolute atomic E-state index is 0.0471. The molecule has 2 aromatic carbocycles. The number of carbonyl (C=O) groups is 3. The minimum atomic E-state index is -4.64. The first-order valence-corrected chi connectivity index (χ1v) is 9.64. The predicted octanol–water partition coefficient (Wildman–Crippen LogP) is 3.80. The van der Waals surface area contributed by atoms with E-state index in [1.54, 1.807) is 4.90 Å². The van der Waals surface area contributed by atoms with Crippen LogP contribution in [0.5, 0.6) is 0 Å². The van der Waals surface area contributed by atoms with Gasteiger partial charge in [0.15, 0.2) is 6.61 Å². The van der Waals surface area contributed by atoms with E-state index >= 15 is 0 Å². The molecule has 6 nitrogen and oxygen atoms in total. The number of nitrogens with one attached hydrogen (secondary N) is 1. The Labute approximate surface area is 177 Å². The Balaban J connectivity index is 1.55. The van der Waals surface area contributed by atoms with Crippen molar-refractivity contribution < 1.29 is 32.3 Å². The number of hydrogen-bond acceptors (Lipinski definition) is 4. The van der Waals surface area contributed by atoms with Gasteiger partial charge in [-0.05, 0) is 24.6 Å². The van der Waals surface area contributed by atoms with E-state index in [1.807, 2.05) is 37.3 Å². The molecule has 2 amide bonds. The number of amides is 2. The molecule has 0 bridgehead atoms. The van der Waals surface area contributed by atoms with Gasteiger partial charge in [-0.3, -0.25) is 14.4 Å². The van der Waals surface area contributed by atoms with E-state index in [2.05, 4.69) is 5.32 Å². The van der Waals surface area contributed by atoms with Crippen LogP contribution in [0.3, 0.4) is 0 Å². The Morgan fingerprint density at radius 2 is 1.77 bits per heavy atom. The smallest absolute Gasteiger partial charge is 0.418 e. The van der Waals surface area contributed by atoms with E-state index in [9.17, 15) is 27.6 Å². The summed E-state index contributed by atoms with van der Waals surface area (Å²) in [5.41, 5.74) is -0.496. The fraction of sp³-hybridized carbons (Fsp3) is 0.318. The van der Waals surface area contributed by atoms with Gasteiger partial charge in [0.25, 0.3) is 5.91 Å². The van der Waals surface area contributed by atoms with E-state index in [4.69, 9.17) is 4.74 Å². The lowest BCUT2D eigenvalue weighted by molar-refractivity contribution is -0.151. The zero-order valence-corrected chi connectivity index (χ0v) is 16.7. The van der Waals surface area contributed by atoms with Crippen LogP contribution in [-0.4, -0.2) is 35.8 Å². The number of nitrogens with zero attached hydrogens (tertiary/aromatic N) is 1. The van der Waals surface area contributed by atoms with Crippen LogP contribution in [0.25, 0.3) is 0 Å². The summed E-state index contributed by atoms with van der Waals surface area (Å²) in [6, 6.07) is 13.6. The van der Waals surface area contributed by atoms with E-state index in [0.717, 1.165) is 17.7 Å². The number of ether oxygens (including phenoxy) is 1. The Bertz CT molecular complexity index is 963. The van der Waals surface area contributed by atoms with Crippen LogP contribution in [0.4, 0.5) is 18.9 Å². The van der Waals surface area contributed by atoms with Crippen LogP contribution >= 0.6 is 0 Å². The van der Waals surface area contributed by atoms with Gasteiger partial charge in [-0.2, -0.15) is 13.2 Å². The Morgan fingerprint density at radius 1 is 1.13 bits per heavy atom. The predicted molar refractivity (Wildman–Crippen MR) is 106 cm³/mol. The summed E-state index contributed by atoms with van der Waals surface area (Å²) in [5.74, 6) is -2.59. The number of alkyl halides is 3. The second kappa shape index (κ2) is 9.20. The third kappa shape index (κ3) is 5.42. The average molecular weight is 434 g/mol. The van der Waals surface area contributed by atoms with E-state index in [0.29, 0.717) is 0 Å². The van der Waals surface area contributed by atoms with Gasteiger partial charge < -0.3 is 15.0 Å². The maximum Gasteiger partial charge on any atom is 0.418 e. The minimum Gasteiger partial charge on any atom is -0.455 e. The van der Waals surface area contributed by atoms with Crippen molar-refractivity contribution in [2.75, 3.05) is 18.5 Å². The van der Waals surface area contributed by atoms with Gasteiger partial charge in [0.1, 0.15) is 0 Å². The lowest BCUT2D eigenvalue weighted by Crippen LogP contribution is -2.30. The maximum absolute atomic E-state index is 13.0. The summed E-state index contributed by atoms with van der Waals surface area (Å²) < 4.78 is 44.0. The van der Waals surface area contributed by atoms with Crippen molar-refractivity contribution >= 4 is 23.5 Å². The molecule has 9 heteroatoms. The van der Waals surface area contributed by atoms with Crippen LogP contribution in [0.1, 0.15) is 30.5 Å². The molecular weight excluding hydrogens is 413 g/mol. The van der Waals surface area contributed by atoms with Gasteiger partial charge in [0.2, 0.25) is 5.91 Å². The molecule has 1 heterocycles. The Hall–Kier alpha value is -3.36. The van der Waals surface area contributed by atoms with Crippen LogP contribution in [0.2, 0.25) is 0 Å². The molecule has 0 radical (unpaired) electrons. The Morgan fingerprint density at radius 3 is 2.45 bits per heavy atom. The van der Waals surface area contributed by atoms with Gasteiger partial charge in [-0.15, -0.1) is 0 Å². The highest BCUT2D eigenvalue weighted by molar-refractivity contribution is 5.94. The third-order valence-corrected chi connectivity index (χ3v) is 5.09. The number of anilines is 1. The quantitative estimate of drug-likeness (QED) is 0.702. The zero-order chi connectivity index (χ0) is 22.6. The van der Waals surface area contributed by atoms with Crippen LogP contribution in [-0.2, 0) is 25.3 Å². The number of likely N-dealkylation sites (tertiary alicyclic amines) is 1. The average Bonchev–Trinajstić information content (AvgIpc) is 3.13. The van der Waals surface area contributed by atoms with Crippen LogP contribution in [0, 0.1) is 5.92 Å². The van der Waals surface area contributed by atoms with E-state index in [-0.39, 0.29) is 24.9 Å². The van der Waals surface area contributed by atoms with Gasteiger partial charge in [-0.25, -0.2) is 0 Å². The van der Waals surface area contributed by atoms with E-state index < -0.39 is 41.8 Å². The number of para-hydroxylation sites is 1. The molecule has 0 unspecified atom stereocenters. The topological polar surface area (TPSA) is 75.7 Å². The van der Waals surface area contributed by atoms with Crippen molar-refractivity contribution in [1.29, 1.82) is 0 Å². The summed E-state index contributed by atoms with van der Waals surface area (Å²) in [4.78, 5) is 38.2. The molecule has 3 rings (SSSR count). The van der Waals surface area contributed by atoms with E-state index in [1.165, 1.54) is 12.1 Å². The first-order valence-electron chi connectivity index (χ1n) is 9.64. The summed E-state index contributed by atoms with van der Waals surface area (Å²) >= 11 is 0. The summed E-state index contributed by atoms with van der Waals surface area (Å²) in [6.45, 7) is 1.25. The molecule has 0 saturated carbocycles. The zero-order valence-electron chi connectivity index (χ0n) is 16.7. The summed E-state index contributed by atoms with van der Waals surface area (Å²) in [7, 11) is 0. The van der Waals surface area contributed by atoms with Gasteiger partial charge in [-0.1, -0.05) is 42.5 Å². The fourth-order valence-electron chi connectivity index (χ4n) is 3.46. The lowest BCUT2D eigenvalue weighted by atomic mass is 10.1. The normalized spacial score (nSPS) is 17.4. The molecule has 1 fully saturated rings. The standard InChI is InChI=1S/C22H21F3N2O4/c1-14(15-7-3-2-4-8-15)27-12-16(11-20(27)29)21(30)31-13-19(28)26-18-10-6-5-9-17(18)22(23,24)25/h2-10,14,16H,11-13H2,1H3,(H,26,28)/t14-,16-/m0/s1. The molecule has 31 heavy (non-hydrogen) atoms. The van der Waals surface area contributed by atoms with Crippen molar-refractivity contribution in [2.24, 2.45) is 5.92 Å². The largest absolute Gasteiger partial charge is 0.455 e. The number of rotatable bonds is 6. The molecule has 2 atom stereocenters. The maximum atomic E-state index is 13.0. The van der Waals surface area contributed by atoms with Crippen LogP contribution < -0.4 is 5.32 Å². The van der Waals surface area contributed by atoms with Crippen molar-refractivity contribution in [2.45, 2.75) is 25.6 Å². The summed E-state index contributed by atoms with van der Waals surface area (Å²) in [6.07, 6.45) is -4.68. The van der Waals surface area contributed by atoms with Crippen molar-refractivity contribution in [3.63, 3.8) is 0 Å². The second-order valence-electron chi connectivity index (χ2n) is 7.23. The molecule has 164 valence electrons. The van der Waals surface area contributed by atoms with Gasteiger partial charge >= 0.3 is 12.1 Å². The monoisotopic (exact) mass is 434 g/mol. The lowest BCUT2D eigenvalue weighted by Gasteiger charge is -2.25. The second-order valence-corrected chi connectivity index (χ2v) is 7.23.